The zero-order valence-electron chi connectivity index (χ0n) is 8.74. The molecular formula is C12H9BrFNO2. The molecule has 0 spiro atoms. The molecule has 0 bridgehead atoms. The molecule has 1 aromatic heterocycles. The van der Waals surface area contributed by atoms with Crippen molar-refractivity contribution in [2.45, 2.75) is 6.54 Å². The van der Waals surface area contributed by atoms with Crippen LogP contribution in [0.2, 0.25) is 0 Å². The van der Waals surface area contributed by atoms with Crippen LogP contribution in [0.1, 0.15) is 16.1 Å². The highest BCUT2D eigenvalue weighted by atomic mass is 79.9. The zero-order chi connectivity index (χ0) is 12.3. The number of nitrogens with one attached hydrogen (secondary N) is 1. The van der Waals surface area contributed by atoms with E-state index in [1.807, 2.05) is 0 Å². The topological polar surface area (TPSA) is 42.2 Å². The van der Waals surface area contributed by atoms with Crippen LogP contribution >= 0.6 is 15.9 Å². The van der Waals surface area contributed by atoms with Gasteiger partial charge in [0.15, 0.2) is 5.76 Å². The molecule has 17 heavy (non-hydrogen) atoms. The lowest BCUT2D eigenvalue weighted by atomic mass is 10.2. The SMILES string of the molecule is O=C(NCc1cc(Br)ccc1F)c1ccco1. The summed E-state index contributed by atoms with van der Waals surface area (Å²) in [5, 5.41) is 2.58. The maximum atomic E-state index is 13.4. The largest absolute Gasteiger partial charge is 0.459 e. The maximum Gasteiger partial charge on any atom is 0.287 e. The van der Waals surface area contributed by atoms with Gasteiger partial charge in [-0.3, -0.25) is 4.79 Å². The number of benzene rings is 1. The van der Waals surface area contributed by atoms with Crippen molar-refractivity contribution < 1.29 is 13.6 Å². The van der Waals surface area contributed by atoms with Crippen molar-refractivity contribution in [2.75, 3.05) is 0 Å². The Hall–Kier alpha value is -1.62. The predicted octanol–water partition coefficient (Wildman–Crippen LogP) is 3.11. The first kappa shape index (κ1) is 11.9. The second-order valence-electron chi connectivity index (χ2n) is 3.40. The van der Waals surface area contributed by atoms with E-state index in [0.29, 0.717) is 5.56 Å². The number of hydrogen-bond donors (Lipinski definition) is 1. The highest BCUT2D eigenvalue weighted by Crippen LogP contribution is 2.15. The summed E-state index contributed by atoms with van der Waals surface area (Å²) in [6.45, 7) is 0.116. The van der Waals surface area contributed by atoms with Crippen molar-refractivity contribution in [1.82, 2.24) is 5.32 Å². The van der Waals surface area contributed by atoms with Gasteiger partial charge in [-0.05, 0) is 30.3 Å². The van der Waals surface area contributed by atoms with E-state index >= 15 is 0 Å². The van der Waals surface area contributed by atoms with Crippen LogP contribution in [0.3, 0.4) is 0 Å². The number of halogens is 2. The third-order valence-corrected chi connectivity index (χ3v) is 2.69. The van der Waals surface area contributed by atoms with E-state index in [-0.39, 0.29) is 24.0 Å². The number of hydrogen-bond acceptors (Lipinski definition) is 2. The van der Waals surface area contributed by atoms with E-state index in [2.05, 4.69) is 21.2 Å². The molecule has 88 valence electrons. The Morgan fingerprint density at radius 1 is 1.41 bits per heavy atom. The molecule has 0 aliphatic rings. The molecule has 0 radical (unpaired) electrons. The second kappa shape index (κ2) is 5.14. The van der Waals surface area contributed by atoms with Crippen LogP contribution < -0.4 is 5.32 Å². The first-order valence-electron chi connectivity index (χ1n) is 4.92. The minimum absolute atomic E-state index is 0.116. The molecule has 5 heteroatoms. The Morgan fingerprint density at radius 3 is 2.94 bits per heavy atom. The fraction of sp³-hybridized carbons (Fsp3) is 0.0833. The third kappa shape index (κ3) is 2.94. The molecule has 0 unspecified atom stereocenters. The van der Waals surface area contributed by atoms with Crippen LogP contribution in [-0.2, 0) is 6.54 Å². The number of furan rings is 1. The minimum atomic E-state index is -0.366. The molecule has 0 aliphatic carbocycles. The minimum Gasteiger partial charge on any atom is -0.459 e. The van der Waals surface area contributed by atoms with Crippen LogP contribution in [0.5, 0.6) is 0 Å². The lowest BCUT2D eigenvalue weighted by molar-refractivity contribution is 0.0923. The van der Waals surface area contributed by atoms with E-state index in [4.69, 9.17) is 4.42 Å². The van der Waals surface area contributed by atoms with Gasteiger partial charge >= 0.3 is 0 Å². The molecule has 3 nitrogen and oxygen atoms in total. The van der Waals surface area contributed by atoms with Gasteiger partial charge in [0.05, 0.1) is 6.26 Å². The summed E-state index contributed by atoms with van der Waals surface area (Å²) in [4.78, 5) is 11.5. The molecule has 0 saturated heterocycles. The summed E-state index contributed by atoms with van der Waals surface area (Å²) >= 11 is 3.24. The first-order chi connectivity index (χ1) is 8.16. The molecule has 0 atom stereocenters. The summed E-state index contributed by atoms with van der Waals surface area (Å²) < 4.78 is 19.1. The molecule has 2 aromatic rings. The monoisotopic (exact) mass is 297 g/mol. The maximum absolute atomic E-state index is 13.4. The standard InChI is InChI=1S/C12H9BrFNO2/c13-9-3-4-10(14)8(6-9)7-15-12(16)11-2-1-5-17-11/h1-6H,7H2,(H,15,16). The zero-order valence-corrected chi connectivity index (χ0v) is 10.3. The Labute approximate surface area is 106 Å². The van der Waals surface area contributed by atoms with Gasteiger partial charge in [-0.2, -0.15) is 0 Å². The summed E-state index contributed by atoms with van der Waals surface area (Å²) in [6, 6.07) is 7.74. The Balaban J connectivity index is 2.03. The smallest absolute Gasteiger partial charge is 0.287 e. The lowest BCUT2D eigenvalue weighted by Gasteiger charge is -2.05. The van der Waals surface area contributed by atoms with Crippen molar-refractivity contribution >= 4 is 21.8 Å². The highest BCUT2D eigenvalue weighted by Gasteiger charge is 2.09. The predicted molar refractivity (Wildman–Crippen MR) is 64.0 cm³/mol. The summed E-state index contributed by atoms with van der Waals surface area (Å²) in [6.07, 6.45) is 1.41. The van der Waals surface area contributed by atoms with E-state index in [9.17, 15) is 9.18 Å². The number of rotatable bonds is 3. The van der Waals surface area contributed by atoms with Crippen molar-refractivity contribution in [2.24, 2.45) is 0 Å². The fourth-order valence-corrected chi connectivity index (χ4v) is 1.76. The summed E-state index contributed by atoms with van der Waals surface area (Å²) in [5.41, 5.74) is 0.416. The van der Waals surface area contributed by atoms with Crippen LogP contribution in [0.15, 0.2) is 45.5 Å². The molecule has 0 fully saturated rings. The summed E-state index contributed by atoms with van der Waals surface area (Å²) in [7, 11) is 0. The Bertz CT molecular complexity index is 525. The van der Waals surface area contributed by atoms with Gasteiger partial charge < -0.3 is 9.73 Å². The van der Waals surface area contributed by atoms with Crippen LogP contribution in [0.4, 0.5) is 4.39 Å². The molecule has 0 aliphatic heterocycles. The van der Waals surface area contributed by atoms with Crippen molar-refractivity contribution in [1.29, 1.82) is 0 Å². The number of carbonyl (C=O) groups is 1. The van der Waals surface area contributed by atoms with Gasteiger partial charge in [-0.1, -0.05) is 15.9 Å². The van der Waals surface area contributed by atoms with Gasteiger partial charge in [-0.25, -0.2) is 4.39 Å². The Kier molecular flexibility index (Phi) is 3.58. The van der Waals surface area contributed by atoms with Gasteiger partial charge in [-0.15, -0.1) is 0 Å². The number of carbonyl (C=O) groups excluding carboxylic acids is 1. The first-order valence-corrected chi connectivity index (χ1v) is 5.72. The van der Waals surface area contributed by atoms with Gasteiger partial charge in [0, 0.05) is 16.6 Å². The van der Waals surface area contributed by atoms with Crippen LogP contribution in [0, 0.1) is 5.82 Å². The van der Waals surface area contributed by atoms with Crippen LogP contribution in [0.25, 0.3) is 0 Å². The van der Waals surface area contributed by atoms with Gasteiger partial charge in [0.2, 0.25) is 0 Å². The second-order valence-corrected chi connectivity index (χ2v) is 4.31. The van der Waals surface area contributed by atoms with E-state index < -0.39 is 0 Å². The molecule has 1 N–H and O–H groups in total. The normalized spacial score (nSPS) is 10.2. The quantitative estimate of drug-likeness (QED) is 0.946. The van der Waals surface area contributed by atoms with Gasteiger partial charge in [0.1, 0.15) is 5.82 Å². The van der Waals surface area contributed by atoms with Crippen LogP contribution in [-0.4, -0.2) is 5.91 Å². The molecule has 0 saturated carbocycles. The average Bonchev–Trinajstić information content (AvgIpc) is 2.83. The third-order valence-electron chi connectivity index (χ3n) is 2.19. The lowest BCUT2D eigenvalue weighted by Crippen LogP contribution is -2.22. The Morgan fingerprint density at radius 2 is 2.24 bits per heavy atom. The van der Waals surface area contributed by atoms with E-state index in [0.717, 1.165) is 4.47 Å². The summed E-state index contributed by atoms with van der Waals surface area (Å²) in [5.74, 6) is -0.511. The van der Waals surface area contributed by atoms with Crippen molar-refractivity contribution in [3.8, 4) is 0 Å². The fourth-order valence-electron chi connectivity index (χ4n) is 1.35. The van der Waals surface area contributed by atoms with E-state index in [1.165, 1.54) is 12.3 Å². The highest BCUT2D eigenvalue weighted by molar-refractivity contribution is 9.10. The molecular weight excluding hydrogens is 289 g/mol. The van der Waals surface area contributed by atoms with Gasteiger partial charge in [0.25, 0.3) is 5.91 Å². The molecule has 2 rings (SSSR count). The van der Waals surface area contributed by atoms with Crippen molar-refractivity contribution in [3.05, 3.63) is 58.2 Å². The molecule has 1 amide bonds. The number of amides is 1. The molecule has 1 aromatic carbocycles. The molecule has 1 heterocycles. The average molecular weight is 298 g/mol. The van der Waals surface area contributed by atoms with E-state index in [1.54, 1.807) is 24.3 Å². The van der Waals surface area contributed by atoms with Crippen molar-refractivity contribution in [3.63, 3.8) is 0 Å².